The zero-order valence-electron chi connectivity index (χ0n) is 13.7. The molecule has 3 aromatic rings. The van der Waals surface area contributed by atoms with Gasteiger partial charge in [0.15, 0.2) is 0 Å². The predicted octanol–water partition coefficient (Wildman–Crippen LogP) is 3.34. The molecule has 0 unspecified atom stereocenters. The Morgan fingerprint density at radius 1 is 1.12 bits per heavy atom. The quantitative estimate of drug-likeness (QED) is 0.654. The van der Waals surface area contributed by atoms with Crippen molar-refractivity contribution < 1.29 is 12.6 Å². The van der Waals surface area contributed by atoms with E-state index >= 15 is 0 Å². The molecule has 0 aliphatic rings. The molecular weight excluding hydrogens is 362 g/mol. The van der Waals surface area contributed by atoms with Crippen LogP contribution in [0.3, 0.4) is 0 Å². The molecule has 0 N–H and O–H groups in total. The molecule has 1 heterocycles. The molecule has 130 valence electrons. The fourth-order valence-electron chi connectivity index (χ4n) is 2.82. The van der Waals surface area contributed by atoms with Gasteiger partial charge in [-0.15, -0.1) is 0 Å². The predicted molar refractivity (Wildman–Crippen MR) is 99.3 cm³/mol. The third-order valence-corrected chi connectivity index (χ3v) is 4.71. The van der Waals surface area contributed by atoms with Crippen LogP contribution in [0, 0.1) is 0 Å². The Bertz CT molecular complexity index is 1110. The maximum Gasteiger partial charge on any atom is 0.264 e. The number of fused-ring (bicyclic) bond motifs is 1. The molecule has 2 aromatic carbocycles. The van der Waals surface area contributed by atoms with Crippen molar-refractivity contribution in [3.8, 4) is 11.1 Å². The summed E-state index contributed by atoms with van der Waals surface area (Å²) in [7, 11) is -2.05. The molecule has 0 atom stereocenters. The Morgan fingerprint density at radius 2 is 1.80 bits per heavy atom. The highest BCUT2D eigenvalue weighted by atomic mass is 35.5. The summed E-state index contributed by atoms with van der Waals surface area (Å²) in [4.78, 5) is 12.8. The van der Waals surface area contributed by atoms with Gasteiger partial charge in [-0.3, -0.25) is 8.98 Å². The zero-order chi connectivity index (χ0) is 18.2. The van der Waals surface area contributed by atoms with Crippen LogP contribution in [-0.4, -0.2) is 19.2 Å². The summed E-state index contributed by atoms with van der Waals surface area (Å²) >= 11 is 6.16. The normalized spacial score (nSPS) is 11.8. The van der Waals surface area contributed by atoms with Gasteiger partial charge in [-0.2, -0.15) is 8.42 Å². The molecule has 0 bridgehead atoms. The molecule has 1 aromatic heterocycles. The Labute approximate surface area is 150 Å². The summed E-state index contributed by atoms with van der Waals surface area (Å²) in [5, 5.41) is 1.28. The minimum Gasteiger partial charge on any atom is -0.311 e. The molecular formula is C18H16ClNO4S. The van der Waals surface area contributed by atoms with E-state index in [0.29, 0.717) is 16.1 Å². The molecule has 0 fully saturated rings. The topological polar surface area (TPSA) is 65.4 Å². The van der Waals surface area contributed by atoms with Gasteiger partial charge < -0.3 is 4.57 Å². The molecule has 0 aliphatic heterocycles. The van der Waals surface area contributed by atoms with Crippen LogP contribution in [0.1, 0.15) is 5.56 Å². The number of rotatable bonds is 4. The van der Waals surface area contributed by atoms with Crippen LogP contribution in [0.5, 0.6) is 0 Å². The van der Waals surface area contributed by atoms with E-state index in [9.17, 15) is 13.2 Å². The van der Waals surface area contributed by atoms with Crippen molar-refractivity contribution in [3.63, 3.8) is 0 Å². The molecule has 0 spiro atoms. The van der Waals surface area contributed by atoms with Gasteiger partial charge in [-0.1, -0.05) is 41.9 Å². The number of hydrogen-bond donors (Lipinski definition) is 0. The van der Waals surface area contributed by atoms with Crippen LogP contribution >= 0.6 is 11.6 Å². The van der Waals surface area contributed by atoms with Gasteiger partial charge in [0, 0.05) is 23.0 Å². The van der Waals surface area contributed by atoms with Gasteiger partial charge in [-0.05, 0) is 23.8 Å². The van der Waals surface area contributed by atoms with Gasteiger partial charge in [-0.25, -0.2) is 0 Å². The highest BCUT2D eigenvalue weighted by Gasteiger charge is 2.18. The molecule has 0 radical (unpaired) electrons. The lowest BCUT2D eigenvalue weighted by Gasteiger charge is -2.16. The van der Waals surface area contributed by atoms with Gasteiger partial charge in [0.05, 0.1) is 23.9 Å². The Kier molecular flexibility index (Phi) is 4.69. The van der Waals surface area contributed by atoms with Crippen molar-refractivity contribution in [1.29, 1.82) is 0 Å². The van der Waals surface area contributed by atoms with Crippen LogP contribution in [0.4, 0.5) is 0 Å². The fraction of sp³-hybridized carbons (Fsp3) is 0.167. The molecule has 0 aliphatic carbocycles. The van der Waals surface area contributed by atoms with E-state index in [0.717, 1.165) is 17.2 Å². The van der Waals surface area contributed by atoms with Crippen molar-refractivity contribution in [2.24, 2.45) is 7.05 Å². The maximum absolute atomic E-state index is 12.8. The number of aromatic nitrogens is 1. The maximum atomic E-state index is 12.8. The first-order valence-electron chi connectivity index (χ1n) is 7.49. The van der Waals surface area contributed by atoms with Crippen LogP contribution in [0.25, 0.3) is 22.0 Å². The minimum atomic E-state index is -3.69. The summed E-state index contributed by atoms with van der Waals surface area (Å²) in [5.74, 6) is 0. The SMILES string of the molecule is Cn1c(=O)c(COS(C)(=O)=O)c(-c2ccccc2)c2cc(Cl)ccc21. The van der Waals surface area contributed by atoms with E-state index in [2.05, 4.69) is 0 Å². The zero-order valence-corrected chi connectivity index (χ0v) is 15.3. The van der Waals surface area contributed by atoms with Crippen molar-refractivity contribution in [2.75, 3.05) is 6.26 Å². The summed E-state index contributed by atoms with van der Waals surface area (Å²) < 4.78 is 29.2. The Hall–Kier alpha value is -2.15. The highest BCUT2D eigenvalue weighted by Crippen LogP contribution is 2.32. The molecule has 0 saturated carbocycles. The Balaban J connectivity index is 2.40. The first-order valence-corrected chi connectivity index (χ1v) is 9.68. The van der Waals surface area contributed by atoms with E-state index in [1.54, 1.807) is 25.2 Å². The summed E-state index contributed by atoms with van der Waals surface area (Å²) in [5.41, 5.74) is 2.09. The third-order valence-electron chi connectivity index (χ3n) is 3.93. The fourth-order valence-corrected chi connectivity index (χ4v) is 3.32. The number of nitrogens with zero attached hydrogens (tertiary/aromatic N) is 1. The van der Waals surface area contributed by atoms with E-state index in [4.69, 9.17) is 15.8 Å². The third kappa shape index (κ3) is 3.61. The lowest BCUT2D eigenvalue weighted by molar-refractivity contribution is 0.310. The number of benzene rings is 2. The molecule has 7 heteroatoms. The number of halogens is 1. The number of aryl methyl sites for hydroxylation is 1. The number of hydrogen-bond acceptors (Lipinski definition) is 4. The lowest BCUT2D eigenvalue weighted by atomic mass is 9.96. The lowest BCUT2D eigenvalue weighted by Crippen LogP contribution is -2.24. The van der Waals surface area contributed by atoms with Gasteiger partial charge in [0.1, 0.15) is 0 Å². The minimum absolute atomic E-state index is 0.272. The smallest absolute Gasteiger partial charge is 0.264 e. The molecule has 0 saturated heterocycles. The van der Waals surface area contributed by atoms with E-state index in [1.807, 2.05) is 30.3 Å². The highest BCUT2D eigenvalue weighted by molar-refractivity contribution is 7.85. The monoisotopic (exact) mass is 377 g/mol. The van der Waals surface area contributed by atoms with E-state index in [1.165, 1.54) is 4.57 Å². The summed E-state index contributed by atoms with van der Waals surface area (Å²) in [6.45, 7) is -0.335. The van der Waals surface area contributed by atoms with Crippen molar-refractivity contribution in [1.82, 2.24) is 4.57 Å². The largest absolute Gasteiger partial charge is 0.311 e. The Morgan fingerprint density at radius 3 is 2.44 bits per heavy atom. The second-order valence-electron chi connectivity index (χ2n) is 5.71. The first kappa shape index (κ1) is 17.7. The van der Waals surface area contributed by atoms with Crippen LogP contribution < -0.4 is 5.56 Å². The van der Waals surface area contributed by atoms with E-state index in [-0.39, 0.29) is 17.7 Å². The molecule has 5 nitrogen and oxygen atoms in total. The van der Waals surface area contributed by atoms with E-state index < -0.39 is 10.1 Å². The van der Waals surface area contributed by atoms with Gasteiger partial charge in [0.25, 0.3) is 15.7 Å². The van der Waals surface area contributed by atoms with Crippen molar-refractivity contribution in [3.05, 3.63) is 69.5 Å². The average molecular weight is 378 g/mol. The van der Waals surface area contributed by atoms with Gasteiger partial charge in [0.2, 0.25) is 0 Å². The standard InChI is InChI=1S/C18H16ClNO4S/c1-20-16-9-8-13(19)10-14(16)17(12-6-4-3-5-7-12)15(18(20)21)11-24-25(2,22)23/h3-10H,11H2,1-2H3. The van der Waals surface area contributed by atoms with Crippen LogP contribution in [-0.2, 0) is 28.0 Å². The van der Waals surface area contributed by atoms with Gasteiger partial charge >= 0.3 is 0 Å². The molecule has 3 rings (SSSR count). The van der Waals surface area contributed by atoms with Crippen molar-refractivity contribution in [2.45, 2.75) is 6.61 Å². The second-order valence-corrected chi connectivity index (χ2v) is 7.79. The summed E-state index contributed by atoms with van der Waals surface area (Å²) in [6, 6.07) is 14.5. The molecule has 25 heavy (non-hydrogen) atoms. The number of pyridine rings is 1. The molecule has 0 amide bonds. The average Bonchev–Trinajstić information content (AvgIpc) is 2.56. The van der Waals surface area contributed by atoms with Crippen molar-refractivity contribution >= 4 is 32.6 Å². The first-order chi connectivity index (χ1) is 11.8. The van der Waals surface area contributed by atoms with Crippen LogP contribution in [0.15, 0.2) is 53.3 Å². The summed E-state index contributed by atoms with van der Waals surface area (Å²) in [6.07, 6.45) is 0.956. The van der Waals surface area contributed by atoms with Crippen LogP contribution in [0.2, 0.25) is 5.02 Å². The second kappa shape index (κ2) is 6.63.